The van der Waals surface area contributed by atoms with Crippen LogP contribution in [0.4, 0.5) is 0 Å². The molecular weight excluding hydrogens is 1270 g/mol. The molecule has 0 aromatic rings. The van der Waals surface area contributed by atoms with E-state index in [0.29, 0.717) is 25.7 Å². The van der Waals surface area contributed by atoms with Crippen LogP contribution in [-0.4, -0.2) is 96.7 Å². The van der Waals surface area contributed by atoms with Crippen molar-refractivity contribution in [1.82, 2.24) is 0 Å². The Labute approximate surface area is 594 Å². The molecule has 0 saturated carbocycles. The van der Waals surface area contributed by atoms with Gasteiger partial charge in [-0.1, -0.05) is 362 Å². The molecule has 3 N–H and O–H groups in total. The molecule has 19 heteroatoms. The van der Waals surface area contributed by atoms with Gasteiger partial charge in [-0.2, -0.15) is 0 Å². The van der Waals surface area contributed by atoms with Crippen molar-refractivity contribution in [3.05, 3.63) is 0 Å². The van der Waals surface area contributed by atoms with Crippen LogP contribution in [0, 0.1) is 5.92 Å². The molecular formula is C78H152O17P2. The molecule has 0 saturated heterocycles. The molecule has 0 radical (unpaired) electrons. The summed E-state index contributed by atoms with van der Waals surface area (Å²) in [4.78, 5) is 72.9. The maximum absolute atomic E-state index is 13.1. The van der Waals surface area contributed by atoms with Gasteiger partial charge in [0.05, 0.1) is 26.4 Å². The summed E-state index contributed by atoms with van der Waals surface area (Å²) in [6.45, 7) is 7.36. The van der Waals surface area contributed by atoms with Crippen molar-refractivity contribution in [3.8, 4) is 0 Å². The Kier molecular flexibility index (Phi) is 69.6. The van der Waals surface area contributed by atoms with Crippen molar-refractivity contribution >= 4 is 39.5 Å². The molecule has 3 unspecified atom stereocenters. The molecule has 0 rings (SSSR count). The van der Waals surface area contributed by atoms with E-state index in [-0.39, 0.29) is 25.7 Å². The van der Waals surface area contributed by atoms with Gasteiger partial charge in [-0.05, 0) is 31.6 Å². The van der Waals surface area contributed by atoms with Crippen molar-refractivity contribution in [1.29, 1.82) is 0 Å². The molecule has 0 aliphatic heterocycles. The molecule has 576 valence electrons. The largest absolute Gasteiger partial charge is 0.472 e. The predicted molar refractivity (Wildman–Crippen MR) is 395 cm³/mol. The van der Waals surface area contributed by atoms with E-state index in [1.54, 1.807) is 0 Å². The van der Waals surface area contributed by atoms with Gasteiger partial charge >= 0.3 is 39.5 Å². The quantitative estimate of drug-likeness (QED) is 0.0222. The fourth-order valence-electron chi connectivity index (χ4n) is 12.0. The lowest BCUT2D eigenvalue weighted by molar-refractivity contribution is -0.161. The van der Waals surface area contributed by atoms with Crippen LogP contribution in [0.3, 0.4) is 0 Å². The normalized spacial score (nSPS) is 14.2. The van der Waals surface area contributed by atoms with E-state index in [0.717, 1.165) is 95.8 Å². The number of aliphatic hydroxyl groups excluding tert-OH is 1. The van der Waals surface area contributed by atoms with E-state index < -0.39 is 97.5 Å². The Hall–Kier alpha value is -1.94. The molecule has 0 bridgehead atoms. The Morgan fingerprint density at radius 3 is 0.732 bits per heavy atom. The number of rotatable bonds is 78. The summed E-state index contributed by atoms with van der Waals surface area (Å²) in [5, 5.41) is 10.6. The van der Waals surface area contributed by atoms with Crippen LogP contribution in [-0.2, 0) is 65.4 Å². The van der Waals surface area contributed by atoms with Crippen molar-refractivity contribution in [3.63, 3.8) is 0 Å². The summed E-state index contributed by atoms with van der Waals surface area (Å²) in [6.07, 6.45) is 60.8. The van der Waals surface area contributed by atoms with Crippen LogP contribution in [0.25, 0.3) is 0 Å². The summed E-state index contributed by atoms with van der Waals surface area (Å²) in [5.41, 5.74) is 0. The molecule has 0 aromatic heterocycles. The minimum atomic E-state index is -4.96. The third kappa shape index (κ3) is 70.9. The first-order chi connectivity index (χ1) is 47.1. The smallest absolute Gasteiger partial charge is 0.462 e. The van der Waals surface area contributed by atoms with E-state index >= 15 is 0 Å². The topological polar surface area (TPSA) is 237 Å². The highest BCUT2D eigenvalue weighted by molar-refractivity contribution is 7.47. The lowest BCUT2D eigenvalue weighted by Crippen LogP contribution is -2.30. The zero-order valence-electron chi connectivity index (χ0n) is 63.2. The third-order valence-electron chi connectivity index (χ3n) is 18.6. The highest BCUT2D eigenvalue weighted by Crippen LogP contribution is 2.45. The second kappa shape index (κ2) is 71.1. The van der Waals surface area contributed by atoms with Crippen molar-refractivity contribution in [2.24, 2.45) is 5.92 Å². The number of hydrogen-bond acceptors (Lipinski definition) is 15. The summed E-state index contributed by atoms with van der Waals surface area (Å²) < 4.78 is 68.6. The minimum absolute atomic E-state index is 0.108. The average Bonchev–Trinajstić information content (AvgIpc) is 2.64. The van der Waals surface area contributed by atoms with Gasteiger partial charge < -0.3 is 33.8 Å². The fraction of sp³-hybridized carbons (Fsp3) is 0.949. The van der Waals surface area contributed by atoms with Gasteiger partial charge in [-0.25, -0.2) is 9.13 Å². The Bertz CT molecular complexity index is 1860. The Morgan fingerprint density at radius 2 is 0.495 bits per heavy atom. The first kappa shape index (κ1) is 95.1. The van der Waals surface area contributed by atoms with E-state index in [1.165, 1.54) is 238 Å². The molecule has 6 atom stereocenters. The van der Waals surface area contributed by atoms with E-state index in [2.05, 4.69) is 34.6 Å². The van der Waals surface area contributed by atoms with Gasteiger partial charge in [-0.15, -0.1) is 0 Å². The standard InChI is InChI=1S/C78H152O17P2/c1-6-10-13-16-19-22-25-27-28-29-30-34-38-42-47-52-57-62-76(81)89-68-74(95-78(83)64-59-54-49-44-39-35-32-31-33-36-40-45-50-55-60-71(5)9-4)70-93-97(86,87)91-66-72(79)65-90-96(84,85)92-69-73(67-88-75(80)61-56-51-46-41-24-21-18-15-12-8-3)94-77(82)63-58-53-48-43-37-26-23-20-17-14-11-7-2/h71-74,79H,6-70H2,1-5H3,(H,84,85)(H,86,87)/t71?,72-,73+,74+/m0/s1. The molecule has 0 amide bonds. The first-order valence-electron chi connectivity index (χ1n) is 40.7. The van der Waals surface area contributed by atoms with Gasteiger partial charge in [-0.3, -0.25) is 37.3 Å². The van der Waals surface area contributed by atoms with E-state index in [9.17, 15) is 43.2 Å². The lowest BCUT2D eigenvalue weighted by atomic mass is 9.99. The number of hydrogen-bond donors (Lipinski definition) is 3. The second-order valence-corrected chi connectivity index (χ2v) is 31.3. The van der Waals surface area contributed by atoms with Gasteiger partial charge in [0.1, 0.15) is 19.3 Å². The van der Waals surface area contributed by atoms with Crippen molar-refractivity contribution in [2.45, 2.75) is 432 Å². The number of phosphoric ester groups is 2. The van der Waals surface area contributed by atoms with Crippen LogP contribution in [0.15, 0.2) is 0 Å². The number of ether oxygens (including phenoxy) is 4. The zero-order chi connectivity index (χ0) is 71.2. The maximum Gasteiger partial charge on any atom is 0.472 e. The van der Waals surface area contributed by atoms with Gasteiger partial charge in [0.25, 0.3) is 0 Å². The maximum atomic E-state index is 13.1. The number of aliphatic hydroxyl groups is 1. The van der Waals surface area contributed by atoms with E-state index in [1.807, 2.05) is 0 Å². The SMILES string of the molecule is CCCCCCCCCCCCCCCCCCCC(=O)OC[C@H](COP(=O)(O)OC[C@@H](O)COP(=O)(O)OC[C@@H](COC(=O)CCCCCCCCCCCC)OC(=O)CCCCCCCCCCCCCC)OC(=O)CCCCCCCCCCCCCCCCC(C)CC. The third-order valence-corrected chi connectivity index (χ3v) is 20.5. The number of carbonyl (C=O) groups excluding carboxylic acids is 4. The Morgan fingerprint density at radius 1 is 0.289 bits per heavy atom. The summed E-state index contributed by atoms with van der Waals surface area (Å²) in [6, 6.07) is 0. The summed E-state index contributed by atoms with van der Waals surface area (Å²) in [5.74, 6) is -1.26. The molecule has 0 heterocycles. The van der Waals surface area contributed by atoms with Crippen LogP contribution in [0.5, 0.6) is 0 Å². The molecule has 97 heavy (non-hydrogen) atoms. The first-order valence-corrected chi connectivity index (χ1v) is 43.7. The number of carbonyl (C=O) groups is 4. The molecule has 0 aliphatic carbocycles. The van der Waals surface area contributed by atoms with Crippen LogP contribution < -0.4 is 0 Å². The number of esters is 4. The summed E-state index contributed by atoms with van der Waals surface area (Å²) >= 11 is 0. The molecule has 17 nitrogen and oxygen atoms in total. The molecule has 0 fully saturated rings. The fourth-order valence-corrected chi connectivity index (χ4v) is 13.6. The highest BCUT2D eigenvalue weighted by Gasteiger charge is 2.30. The van der Waals surface area contributed by atoms with Crippen LogP contribution in [0.2, 0.25) is 0 Å². The van der Waals surface area contributed by atoms with Crippen molar-refractivity contribution < 1.29 is 80.2 Å². The monoisotopic (exact) mass is 1420 g/mol. The van der Waals surface area contributed by atoms with Gasteiger partial charge in [0.2, 0.25) is 0 Å². The predicted octanol–water partition coefficient (Wildman–Crippen LogP) is 23.3. The highest BCUT2D eigenvalue weighted by atomic mass is 31.2. The molecule has 0 spiro atoms. The second-order valence-electron chi connectivity index (χ2n) is 28.3. The zero-order valence-corrected chi connectivity index (χ0v) is 65.0. The minimum Gasteiger partial charge on any atom is -0.462 e. The van der Waals surface area contributed by atoms with Gasteiger partial charge in [0.15, 0.2) is 12.2 Å². The van der Waals surface area contributed by atoms with Gasteiger partial charge in [0, 0.05) is 25.7 Å². The molecule has 0 aromatic carbocycles. The van der Waals surface area contributed by atoms with Crippen molar-refractivity contribution in [2.75, 3.05) is 39.6 Å². The lowest BCUT2D eigenvalue weighted by Gasteiger charge is -2.21. The summed E-state index contributed by atoms with van der Waals surface area (Å²) in [7, 11) is -9.91. The van der Waals surface area contributed by atoms with Crippen LogP contribution in [0.1, 0.15) is 413 Å². The molecule has 0 aliphatic rings. The Balaban J connectivity index is 5.23. The number of phosphoric acid groups is 2. The van der Waals surface area contributed by atoms with E-state index in [4.69, 9.17) is 37.0 Å². The van der Waals surface area contributed by atoms with Crippen LogP contribution >= 0.6 is 15.6 Å². The number of unbranched alkanes of at least 4 members (excludes halogenated alkanes) is 49. The average molecular weight is 1420 g/mol.